The van der Waals surface area contributed by atoms with E-state index >= 15 is 0 Å². The smallest absolute Gasteiger partial charge is 0.323 e. The second-order valence-corrected chi connectivity index (χ2v) is 6.44. The summed E-state index contributed by atoms with van der Waals surface area (Å²) in [5.41, 5.74) is 0. The molecule has 1 amide bonds. The number of carboxylic acids is 1. The highest BCUT2D eigenvalue weighted by Crippen LogP contribution is 2.08. The van der Waals surface area contributed by atoms with Crippen molar-refractivity contribution < 1.29 is 14.7 Å². The Kier molecular flexibility index (Phi) is 16.8. The molecule has 1 N–H and O–H groups in total. The SMILES string of the molecule is CCCCCCCCCC=CC=CC=CC=CC=CC(=O)N(C)CC(=O)O. The molecule has 0 aromatic heterocycles. The number of likely N-dealkylation sites (N-methyl/N-ethyl adjacent to an activating group) is 1. The van der Waals surface area contributed by atoms with Crippen LogP contribution in [-0.2, 0) is 9.59 Å². The minimum Gasteiger partial charge on any atom is -0.480 e. The van der Waals surface area contributed by atoms with Gasteiger partial charge in [0.1, 0.15) is 6.54 Å². The normalized spacial score (nSPS) is 12.4. The molecular formula is C23H35NO3. The van der Waals surface area contributed by atoms with Gasteiger partial charge in [-0.05, 0) is 12.8 Å². The van der Waals surface area contributed by atoms with Gasteiger partial charge in [0.2, 0.25) is 5.91 Å². The van der Waals surface area contributed by atoms with Crippen molar-refractivity contribution >= 4 is 11.9 Å². The third kappa shape index (κ3) is 18.2. The molecule has 0 heterocycles. The van der Waals surface area contributed by atoms with E-state index in [1.807, 2.05) is 30.4 Å². The molecule has 4 nitrogen and oxygen atoms in total. The number of unbranched alkanes of at least 4 members (excludes halogenated alkanes) is 7. The number of hydrogen-bond acceptors (Lipinski definition) is 2. The van der Waals surface area contributed by atoms with E-state index in [9.17, 15) is 9.59 Å². The van der Waals surface area contributed by atoms with Gasteiger partial charge in [0.15, 0.2) is 0 Å². The zero-order chi connectivity index (χ0) is 20.2. The lowest BCUT2D eigenvalue weighted by molar-refractivity contribution is -0.141. The van der Waals surface area contributed by atoms with E-state index in [0.717, 1.165) is 11.3 Å². The first kappa shape index (κ1) is 24.6. The van der Waals surface area contributed by atoms with Gasteiger partial charge in [-0.25, -0.2) is 0 Å². The predicted octanol–water partition coefficient (Wildman–Crippen LogP) is 5.45. The quantitative estimate of drug-likeness (QED) is 0.236. The molecule has 0 spiro atoms. The van der Waals surface area contributed by atoms with Crippen LogP contribution >= 0.6 is 0 Å². The van der Waals surface area contributed by atoms with Gasteiger partial charge in [-0.3, -0.25) is 9.59 Å². The van der Waals surface area contributed by atoms with E-state index in [0.29, 0.717) is 0 Å². The molecule has 0 radical (unpaired) electrons. The van der Waals surface area contributed by atoms with Crippen molar-refractivity contribution in [3.63, 3.8) is 0 Å². The number of amides is 1. The standard InChI is InChI=1S/C23H35NO3/c1-3-4-5-6-7-8-9-10-11-12-13-14-15-16-17-18-19-20-22(25)24(2)21-23(26)27/h11-20H,3-10,21H2,1-2H3,(H,26,27). The fraction of sp³-hybridized carbons (Fsp3) is 0.478. The monoisotopic (exact) mass is 373 g/mol. The number of carboxylic acid groups (broad SMARTS) is 1. The summed E-state index contributed by atoms with van der Waals surface area (Å²) in [7, 11) is 1.45. The molecule has 150 valence electrons. The van der Waals surface area contributed by atoms with Crippen LogP contribution in [0.15, 0.2) is 60.8 Å². The van der Waals surface area contributed by atoms with E-state index in [4.69, 9.17) is 5.11 Å². The lowest BCUT2D eigenvalue weighted by atomic mass is 10.1. The highest BCUT2D eigenvalue weighted by atomic mass is 16.4. The molecule has 0 fully saturated rings. The van der Waals surface area contributed by atoms with E-state index < -0.39 is 5.97 Å². The van der Waals surface area contributed by atoms with Crippen LogP contribution in [0.5, 0.6) is 0 Å². The third-order valence-electron chi connectivity index (χ3n) is 3.88. The van der Waals surface area contributed by atoms with E-state index in [1.165, 1.54) is 58.1 Å². The first-order valence-electron chi connectivity index (χ1n) is 9.88. The Morgan fingerprint density at radius 3 is 1.89 bits per heavy atom. The minimum atomic E-state index is -1.03. The molecule has 0 aromatic rings. The molecule has 0 aliphatic rings. The molecule has 4 heteroatoms. The fourth-order valence-corrected chi connectivity index (χ4v) is 2.32. The average Bonchev–Trinajstić information content (AvgIpc) is 2.63. The zero-order valence-electron chi connectivity index (χ0n) is 16.8. The molecule has 0 bridgehead atoms. The lowest BCUT2D eigenvalue weighted by Crippen LogP contribution is -2.30. The molecule has 0 atom stereocenters. The van der Waals surface area contributed by atoms with E-state index in [1.54, 1.807) is 12.2 Å². The summed E-state index contributed by atoms with van der Waals surface area (Å²) < 4.78 is 0. The van der Waals surface area contributed by atoms with Gasteiger partial charge in [-0.15, -0.1) is 0 Å². The maximum atomic E-state index is 11.5. The van der Waals surface area contributed by atoms with Gasteiger partial charge in [0.05, 0.1) is 0 Å². The van der Waals surface area contributed by atoms with Crippen molar-refractivity contribution in [1.82, 2.24) is 4.90 Å². The molecule has 0 unspecified atom stereocenters. The number of rotatable bonds is 15. The number of carbonyl (C=O) groups is 2. The highest BCUT2D eigenvalue weighted by molar-refractivity contribution is 5.89. The molecule has 0 aliphatic carbocycles. The third-order valence-corrected chi connectivity index (χ3v) is 3.88. The van der Waals surface area contributed by atoms with Gasteiger partial charge < -0.3 is 10.0 Å². The first-order valence-corrected chi connectivity index (χ1v) is 9.88. The van der Waals surface area contributed by atoms with Gasteiger partial charge in [-0.2, -0.15) is 0 Å². The van der Waals surface area contributed by atoms with Crippen LogP contribution in [0.25, 0.3) is 0 Å². The number of hydrogen-bond donors (Lipinski definition) is 1. The number of nitrogens with zero attached hydrogens (tertiary/aromatic N) is 1. The van der Waals surface area contributed by atoms with Crippen LogP contribution in [0.1, 0.15) is 58.3 Å². The maximum Gasteiger partial charge on any atom is 0.323 e. The van der Waals surface area contributed by atoms with E-state index in [2.05, 4.69) is 19.1 Å². The molecule has 0 aromatic carbocycles. The van der Waals surface area contributed by atoms with Gasteiger partial charge in [0, 0.05) is 13.1 Å². The summed E-state index contributed by atoms with van der Waals surface area (Å²) in [6.07, 6.45) is 29.0. The average molecular weight is 374 g/mol. The molecule has 0 saturated carbocycles. The van der Waals surface area contributed by atoms with Crippen LogP contribution in [0, 0.1) is 0 Å². The Labute approximate surface area is 164 Å². The summed E-state index contributed by atoms with van der Waals surface area (Å²) in [6, 6.07) is 0. The van der Waals surface area contributed by atoms with Crippen molar-refractivity contribution in [1.29, 1.82) is 0 Å². The first-order chi connectivity index (χ1) is 13.1. The summed E-state index contributed by atoms with van der Waals surface area (Å²) in [5, 5.41) is 8.60. The summed E-state index contributed by atoms with van der Waals surface area (Å²) in [6.45, 7) is 1.94. The Morgan fingerprint density at radius 1 is 0.778 bits per heavy atom. The summed E-state index contributed by atoms with van der Waals surface area (Å²) in [5.74, 6) is -1.36. The van der Waals surface area contributed by atoms with Crippen LogP contribution in [-0.4, -0.2) is 35.5 Å². The second kappa shape index (κ2) is 18.4. The van der Waals surface area contributed by atoms with Crippen molar-refractivity contribution in [2.75, 3.05) is 13.6 Å². The Balaban J connectivity index is 3.77. The number of aliphatic carboxylic acids is 1. The molecule has 27 heavy (non-hydrogen) atoms. The van der Waals surface area contributed by atoms with Gasteiger partial charge >= 0.3 is 5.97 Å². The van der Waals surface area contributed by atoms with Crippen molar-refractivity contribution in [3.05, 3.63) is 60.8 Å². The van der Waals surface area contributed by atoms with Crippen LogP contribution in [0.2, 0.25) is 0 Å². The zero-order valence-corrected chi connectivity index (χ0v) is 16.8. The molecule has 0 aliphatic heterocycles. The molecule has 0 saturated heterocycles. The Hall–Kier alpha value is -2.36. The van der Waals surface area contributed by atoms with Crippen molar-refractivity contribution in [2.24, 2.45) is 0 Å². The fourth-order valence-electron chi connectivity index (χ4n) is 2.32. The van der Waals surface area contributed by atoms with Crippen molar-refractivity contribution in [2.45, 2.75) is 58.3 Å². The van der Waals surface area contributed by atoms with Gasteiger partial charge in [0.25, 0.3) is 0 Å². The van der Waals surface area contributed by atoms with E-state index in [-0.39, 0.29) is 12.5 Å². The Bertz CT molecular complexity index is 542. The summed E-state index contributed by atoms with van der Waals surface area (Å²) in [4.78, 5) is 23.2. The highest BCUT2D eigenvalue weighted by Gasteiger charge is 2.07. The molecule has 0 rings (SSSR count). The topological polar surface area (TPSA) is 57.6 Å². The number of carbonyl (C=O) groups excluding carboxylic acids is 1. The predicted molar refractivity (Wildman–Crippen MR) is 114 cm³/mol. The second-order valence-electron chi connectivity index (χ2n) is 6.44. The minimum absolute atomic E-state index is 0.302. The summed E-state index contributed by atoms with van der Waals surface area (Å²) >= 11 is 0. The Morgan fingerprint density at radius 2 is 1.30 bits per heavy atom. The lowest BCUT2D eigenvalue weighted by Gasteiger charge is -2.10. The van der Waals surface area contributed by atoms with Crippen LogP contribution < -0.4 is 0 Å². The van der Waals surface area contributed by atoms with Crippen LogP contribution in [0.3, 0.4) is 0 Å². The molecular weight excluding hydrogens is 338 g/mol. The van der Waals surface area contributed by atoms with Gasteiger partial charge in [-0.1, -0.05) is 100 Å². The van der Waals surface area contributed by atoms with Crippen LogP contribution in [0.4, 0.5) is 0 Å². The largest absolute Gasteiger partial charge is 0.480 e. The number of allylic oxidation sites excluding steroid dienone is 9. The van der Waals surface area contributed by atoms with Crippen molar-refractivity contribution in [3.8, 4) is 0 Å². The maximum absolute atomic E-state index is 11.5.